The van der Waals surface area contributed by atoms with Gasteiger partial charge in [0.25, 0.3) is 0 Å². The number of nitrogens with two attached hydrogens (primary N) is 1. The molecule has 0 aliphatic carbocycles. The van der Waals surface area contributed by atoms with E-state index >= 15 is 0 Å². The Morgan fingerprint density at radius 1 is 1.06 bits per heavy atom. The third-order valence-corrected chi connectivity index (χ3v) is 2.73. The lowest BCUT2D eigenvalue weighted by molar-refractivity contribution is 1.04. The van der Waals surface area contributed by atoms with Crippen LogP contribution in [0.3, 0.4) is 0 Å². The fourth-order valence-electron chi connectivity index (χ4n) is 1.67. The molecular formula is C15H17N3. The molecule has 0 spiro atoms. The van der Waals surface area contributed by atoms with Crippen molar-refractivity contribution in [3.63, 3.8) is 0 Å². The van der Waals surface area contributed by atoms with Crippen LogP contribution in [0.1, 0.15) is 11.1 Å². The molecule has 0 amide bonds. The van der Waals surface area contributed by atoms with E-state index in [0.717, 1.165) is 5.69 Å². The first-order valence-corrected chi connectivity index (χ1v) is 5.92. The first kappa shape index (κ1) is 12.2. The maximum atomic E-state index is 5.84. The van der Waals surface area contributed by atoms with Crippen LogP contribution in [0, 0.1) is 6.92 Å². The predicted molar refractivity (Wildman–Crippen MR) is 76.6 cm³/mol. The highest BCUT2D eigenvalue weighted by Crippen LogP contribution is 2.08. The zero-order valence-electron chi connectivity index (χ0n) is 10.4. The highest BCUT2D eigenvalue weighted by molar-refractivity contribution is 5.92. The maximum Gasteiger partial charge on any atom is 0.193 e. The van der Waals surface area contributed by atoms with Gasteiger partial charge in [-0.15, -0.1) is 0 Å². The zero-order valence-corrected chi connectivity index (χ0v) is 10.4. The number of benzene rings is 2. The van der Waals surface area contributed by atoms with E-state index in [2.05, 4.69) is 29.4 Å². The van der Waals surface area contributed by atoms with E-state index in [9.17, 15) is 0 Å². The van der Waals surface area contributed by atoms with Crippen LogP contribution in [-0.2, 0) is 6.54 Å². The minimum Gasteiger partial charge on any atom is -0.370 e. The van der Waals surface area contributed by atoms with Crippen molar-refractivity contribution in [1.29, 1.82) is 0 Å². The minimum atomic E-state index is 0.435. The Morgan fingerprint density at radius 3 is 2.44 bits per heavy atom. The Morgan fingerprint density at radius 2 is 1.72 bits per heavy atom. The number of hydrogen-bond donors (Lipinski definition) is 2. The molecule has 0 heterocycles. The van der Waals surface area contributed by atoms with E-state index in [1.165, 1.54) is 11.1 Å². The SMILES string of the molecule is Cc1ccccc1CN=C(N)Nc1ccccc1. The molecule has 0 unspecified atom stereocenters. The molecule has 2 aromatic carbocycles. The summed E-state index contributed by atoms with van der Waals surface area (Å²) in [5.41, 5.74) is 9.21. The summed E-state index contributed by atoms with van der Waals surface area (Å²) in [6.07, 6.45) is 0. The molecule has 2 rings (SSSR count). The number of rotatable bonds is 3. The second-order valence-electron chi connectivity index (χ2n) is 4.12. The summed E-state index contributed by atoms with van der Waals surface area (Å²) in [5, 5.41) is 3.06. The summed E-state index contributed by atoms with van der Waals surface area (Å²) in [7, 11) is 0. The fraction of sp³-hybridized carbons (Fsp3) is 0.133. The van der Waals surface area contributed by atoms with Gasteiger partial charge in [0.15, 0.2) is 5.96 Å². The molecule has 0 aliphatic rings. The van der Waals surface area contributed by atoms with Gasteiger partial charge in [0, 0.05) is 5.69 Å². The first-order valence-electron chi connectivity index (χ1n) is 5.92. The van der Waals surface area contributed by atoms with Crippen molar-refractivity contribution in [1.82, 2.24) is 0 Å². The van der Waals surface area contributed by atoms with Crippen LogP contribution in [0.4, 0.5) is 5.69 Å². The second-order valence-corrected chi connectivity index (χ2v) is 4.12. The van der Waals surface area contributed by atoms with Crippen molar-refractivity contribution in [2.75, 3.05) is 5.32 Å². The monoisotopic (exact) mass is 239 g/mol. The number of hydrogen-bond acceptors (Lipinski definition) is 1. The van der Waals surface area contributed by atoms with Gasteiger partial charge in [-0.05, 0) is 30.2 Å². The first-order chi connectivity index (χ1) is 8.75. The minimum absolute atomic E-state index is 0.435. The molecular weight excluding hydrogens is 222 g/mol. The van der Waals surface area contributed by atoms with Crippen LogP contribution in [0.5, 0.6) is 0 Å². The van der Waals surface area contributed by atoms with Crippen LogP contribution in [0.2, 0.25) is 0 Å². The third-order valence-electron chi connectivity index (χ3n) is 2.73. The Hall–Kier alpha value is -2.29. The molecule has 3 N–H and O–H groups in total. The Bertz CT molecular complexity index is 532. The van der Waals surface area contributed by atoms with E-state index in [4.69, 9.17) is 5.73 Å². The molecule has 0 radical (unpaired) electrons. The summed E-state index contributed by atoms with van der Waals surface area (Å²) in [6.45, 7) is 2.67. The van der Waals surface area contributed by atoms with Gasteiger partial charge in [0.05, 0.1) is 6.54 Å². The van der Waals surface area contributed by atoms with Crippen molar-refractivity contribution in [3.05, 3.63) is 65.7 Å². The van der Waals surface area contributed by atoms with Gasteiger partial charge in [-0.3, -0.25) is 0 Å². The molecule has 18 heavy (non-hydrogen) atoms. The van der Waals surface area contributed by atoms with E-state index in [-0.39, 0.29) is 0 Å². The molecule has 0 atom stereocenters. The third kappa shape index (κ3) is 3.35. The number of aliphatic imine (C=N–C) groups is 1. The molecule has 0 aromatic heterocycles. The lowest BCUT2D eigenvalue weighted by Gasteiger charge is -2.06. The molecule has 3 nitrogen and oxygen atoms in total. The van der Waals surface area contributed by atoms with Gasteiger partial charge < -0.3 is 11.1 Å². The standard InChI is InChI=1S/C15H17N3/c1-12-7-5-6-8-13(12)11-17-15(16)18-14-9-3-2-4-10-14/h2-10H,11H2,1H3,(H3,16,17,18). The average molecular weight is 239 g/mol. The zero-order chi connectivity index (χ0) is 12.8. The molecule has 0 fully saturated rings. The van der Waals surface area contributed by atoms with Crippen molar-refractivity contribution in [2.24, 2.45) is 10.7 Å². The lowest BCUT2D eigenvalue weighted by atomic mass is 10.1. The molecule has 0 aliphatic heterocycles. The van der Waals surface area contributed by atoms with Crippen molar-refractivity contribution >= 4 is 11.6 Å². The number of guanidine groups is 1. The van der Waals surface area contributed by atoms with Gasteiger partial charge in [-0.2, -0.15) is 0 Å². The second kappa shape index (κ2) is 5.87. The molecule has 92 valence electrons. The number of nitrogens with zero attached hydrogens (tertiary/aromatic N) is 1. The van der Waals surface area contributed by atoms with Crippen LogP contribution >= 0.6 is 0 Å². The smallest absolute Gasteiger partial charge is 0.193 e. The number of para-hydroxylation sites is 1. The highest BCUT2D eigenvalue weighted by atomic mass is 15.1. The van der Waals surface area contributed by atoms with Crippen molar-refractivity contribution < 1.29 is 0 Å². The van der Waals surface area contributed by atoms with E-state index in [1.54, 1.807) is 0 Å². The molecule has 2 aromatic rings. The fourth-order valence-corrected chi connectivity index (χ4v) is 1.67. The van der Waals surface area contributed by atoms with Gasteiger partial charge in [0.2, 0.25) is 0 Å². The van der Waals surface area contributed by atoms with Gasteiger partial charge in [-0.1, -0.05) is 42.5 Å². The van der Waals surface area contributed by atoms with Crippen LogP contribution in [0.25, 0.3) is 0 Å². The maximum absolute atomic E-state index is 5.84. The van der Waals surface area contributed by atoms with Crippen molar-refractivity contribution in [3.8, 4) is 0 Å². The normalized spacial score (nSPS) is 11.3. The Balaban J connectivity index is 2.00. The Kier molecular flexibility index (Phi) is 3.97. The largest absolute Gasteiger partial charge is 0.370 e. The van der Waals surface area contributed by atoms with E-state index < -0.39 is 0 Å². The summed E-state index contributed by atoms with van der Waals surface area (Å²) in [5.74, 6) is 0.435. The average Bonchev–Trinajstić information content (AvgIpc) is 2.39. The van der Waals surface area contributed by atoms with Crippen molar-refractivity contribution in [2.45, 2.75) is 13.5 Å². The summed E-state index contributed by atoms with van der Waals surface area (Å²) >= 11 is 0. The van der Waals surface area contributed by atoms with Crippen LogP contribution in [-0.4, -0.2) is 5.96 Å². The quantitative estimate of drug-likeness (QED) is 0.639. The molecule has 0 saturated carbocycles. The summed E-state index contributed by atoms with van der Waals surface area (Å²) < 4.78 is 0. The molecule has 3 heteroatoms. The highest BCUT2D eigenvalue weighted by Gasteiger charge is 1.97. The van der Waals surface area contributed by atoms with E-state index in [1.807, 2.05) is 42.5 Å². The van der Waals surface area contributed by atoms with E-state index in [0.29, 0.717) is 12.5 Å². The topological polar surface area (TPSA) is 50.4 Å². The van der Waals surface area contributed by atoms with Gasteiger partial charge in [0.1, 0.15) is 0 Å². The predicted octanol–water partition coefficient (Wildman–Crippen LogP) is 2.92. The van der Waals surface area contributed by atoms with Gasteiger partial charge in [-0.25, -0.2) is 4.99 Å². The van der Waals surface area contributed by atoms with Gasteiger partial charge >= 0.3 is 0 Å². The lowest BCUT2D eigenvalue weighted by Crippen LogP contribution is -2.22. The van der Waals surface area contributed by atoms with Crippen LogP contribution in [0.15, 0.2) is 59.6 Å². The molecule has 0 bridgehead atoms. The number of aryl methyl sites for hydroxylation is 1. The summed E-state index contributed by atoms with van der Waals surface area (Å²) in [6, 6.07) is 18.0. The summed E-state index contributed by atoms with van der Waals surface area (Å²) in [4.78, 5) is 4.33. The number of nitrogens with one attached hydrogen (secondary N) is 1. The molecule has 0 saturated heterocycles. The van der Waals surface area contributed by atoms with Crippen LogP contribution < -0.4 is 11.1 Å². The number of anilines is 1. The Labute approximate surface area is 107 Å².